The van der Waals surface area contributed by atoms with Crippen LogP contribution in [0, 0.1) is 0 Å². The molecule has 2 saturated heterocycles. The summed E-state index contributed by atoms with van der Waals surface area (Å²) in [5, 5.41) is 0.278. The summed E-state index contributed by atoms with van der Waals surface area (Å²) in [4.78, 5) is 30.4. The van der Waals surface area contributed by atoms with Gasteiger partial charge in [0.25, 0.3) is 5.91 Å². The van der Waals surface area contributed by atoms with Gasteiger partial charge in [0, 0.05) is 57.4 Å². The van der Waals surface area contributed by atoms with Gasteiger partial charge < -0.3 is 14.4 Å². The first kappa shape index (κ1) is 22.0. The average molecular weight is 447 g/mol. The minimum absolute atomic E-state index is 0.103. The van der Waals surface area contributed by atoms with E-state index in [0.717, 1.165) is 32.4 Å². The van der Waals surface area contributed by atoms with Crippen LogP contribution in [0.15, 0.2) is 34.1 Å². The van der Waals surface area contributed by atoms with Gasteiger partial charge >= 0.3 is 0 Å². The molecule has 4 rings (SSSR count). The fourth-order valence-corrected chi connectivity index (χ4v) is 5.93. The Hall–Kier alpha value is -2.23. The third kappa shape index (κ3) is 4.14. The molecule has 1 aromatic carbocycles. The van der Waals surface area contributed by atoms with Crippen LogP contribution in [0.3, 0.4) is 0 Å². The zero-order valence-electron chi connectivity index (χ0n) is 18.2. The minimum Gasteiger partial charge on any atom is -0.347 e. The number of likely N-dealkylation sites (N-methyl/N-ethyl adjacent to an activating group) is 1. The van der Waals surface area contributed by atoms with Crippen LogP contribution in [0.2, 0.25) is 0 Å². The summed E-state index contributed by atoms with van der Waals surface area (Å²) >= 11 is 0. The third-order valence-electron chi connectivity index (χ3n) is 6.37. The van der Waals surface area contributed by atoms with Crippen molar-refractivity contribution in [3.8, 4) is 0 Å². The summed E-state index contributed by atoms with van der Waals surface area (Å²) in [6.07, 6.45) is 4.34. The lowest BCUT2D eigenvalue weighted by molar-refractivity contribution is 0.0662. The zero-order valence-corrected chi connectivity index (χ0v) is 19.0. The lowest BCUT2D eigenvalue weighted by Crippen LogP contribution is -2.48. The van der Waals surface area contributed by atoms with E-state index in [4.69, 9.17) is 0 Å². The number of piperidine rings is 1. The third-order valence-corrected chi connectivity index (χ3v) is 8.26. The molecule has 0 bridgehead atoms. The van der Waals surface area contributed by atoms with Gasteiger partial charge in [-0.3, -0.25) is 9.59 Å². The first-order chi connectivity index (χ1) is 14.8. The number of hydrogen-bond donors (Lipinski definition) is 0. The van der Waals surface area contributed by atoms with Crippen LogP contribution in [-0.4, -0.2) is 79.3 Å². The molecule has 0 N–H and O–H groups in total. The van der Waals surface area contributed by atoms with Gasteiger partial charge in [0.05, 0.1) is 10.4 Å². The lowest BCUT2D eigenvalue weighted by Gasteiger charge is -2.32. The van der Waals surface area contributed by atoms with Crippen molar-refractivity contribution in [1.29, 1.82) is 0 Å². The summed E-state index contributed by atoms with van der Waals surface area (Å²) < 4.78 is 29.6. The number of carbonyl (C=O) groups excluding carboxylic acids is 1. The Morgan fingerprint density at radius 3 is 2.32 bits per heavy atom. The summed E-state index contributed by atoms with van der Waals surface area (Å²) in [5.41, 5.74) is 0.339. The molecule has 2 fully saturated rings. The molecule has 1 aromatic heterocycles. The van der Waals surface area contributed by atoms with Gasteiger partial charge in [0.15, 0.2) is 0 Å². The van der Waals surface area contributed by atoms with Gasteiger partial charge in [-0.2, -0.15) is 4.31 Å². The smallest absolute Gasteiger partial charge is 0.259 e. The number of sulfonamides is 1. The molecular weight excluding hydrogens is 416 g/mol. The molecule has 31 heavy (non-hydrogen) atoms. The van der Waals surface area contributed by atoms with Crippen LogP contribution in [0.25, 0.3) is 10.9 Å². The molecule has 2 aromatic rings. The molecular formula is C22H30N4O4S. The van der Waals surface area contributed by atoms with Gasteiger partial charge in [-0.15, -0.1) is 0 Å². The molecule has 1 amide bonds. The molecule has 168 valence electrons. The van der Waals surface area contributed by atoms with E-state index in [0.29, 0.717) is 38.2 Å². The Bertz CT molecular complexity index is 1140. The second kappa shape index (κ2) is 8.72. The highest BCUT2D eigenvalue weighted by Crippen LogP contribution is 2.24. The van der Waals surface area contributed by atoms with Crippen molar-refractivity contribution >= 4 is 26.8 Å². The number of piperazine rings is 1. The highest BCUT2D eigenvalue weighted by Gasteiger charge is 2.28. The van der Waals surface area contributed by atoms with Crippen LogP contribution >= 0.6 is 0 Å². The van der Waals surface area contributed by atoms with Crippen molar-refractivity contribution < 1.29 is 13.2 Å². The van der Waals surface area contributed by atoms with Crippen LogP contribution in [0.4, 0.5) is 0 Å². The van der Waals surface area contributed by atoms with Crippen molar-refractivity contribution in [1.82, 2.24) is 18.7 Å². The molecule has 0 unspecified atom stereocenters. The molecule has 0 spiro atoms. The molecule has 0 aliphatic carbocycles. The van der Waals surface area contributed by atoms with Crippen molar-refractivity contribution in [3.63, 3.8) is 0 Å². The average Bonchev–Trinajstić information content (AvgIpc) is 2.80. The molecule has 2 aliphatic rings. The molecule has 0 atom stereocenters. The highest BCUT2D eigenvalue weighted by atomic mass is 32.2. The van der Waals surface area contributed by atoms with Crippen molar-refractivity contribution in [2.75, 3.05) is 46.3 Å². The van der Waals surface area contributed by atoms with Crippen LogP contribution < -0.4 is 5.43 Å². The Morgan fingerprint density at radius 1 is 1.00 bits per heavy atom. The Balaban J connectivity index is 1.78. The van der Waals surface area contributed by atoms with Gasteiger partial charge in [-0.1, -0.05) is 6.42 Å². The molecule has 0 saturated carbocycles. The zero-order chi connectivity index (χ0) is 22.2. The maximum atomic E-state index is 13.3. The van der Waals surface area contributed by atoms with Gasteiger partial charge in [0.1, 0.15) is 5.56 Å². The lowest BCUT2D eigenvalue weighted by atomic mass is 10.1. The van der Waals surface area contributed by atoms with E-state index >= 15 is 0 Å². The van der Waals surface area contributed by atoms with E-state index in [9.17, 15) is 18.0 Å². The van der Waals surface area contributed by atoms with Crippen molar-refractivity contribution in [2.45, 2.75) is 37.6 Å². The van der Waals surface area contributed by atoms with Gasteiger partial charge in [-0.05, 0) is 45.0 Å². The highest BCUT2D eigenvalue weighted by molar-refractivity contribution is 7.89. The number of aryl methyl sites for hydroxylation is 1. The predicted octanol–water partition coefficient (Wildman–Crippen LogP) is 1.58. The maximum Gasteiger partial charge on any atom is 0.259 e. The summed E-state index contributed by atoms with van der Waals surface area (Å²) in [5.74, 6) is -0.286. The fourth-order valence-electron chi connectivity index (χ4n) is 4.39. The van der Waals surface area contributed by atoms with E-state index in [2.05, 4.69) is 4.90 Å². The summed E-state index contributed by atoms with van der Waals surface area (Å²) in [7, 11) is -1.66. The predicted molar refractivity (Wildman–Crippen MR) is 120 cm³/mol. The van der Waals surface area contributed by atoms with Crippen molar-refractivity contribution in [2.24, 2.45) is 0 Å². The second-order valence-corrected chi connectivity index (χ2v) is 10.3. The second-order valence-electron chi connectivity index (χ2n) is 8.40. The van der Waals surface area contributed by atoms with Crippen LogP contribution in [0.1, 0.15) is 36.5 Å². The van der Waals surface area contributed by atoms with Crippen LogP contribution in [0.5, 0.6) is 0 Å². The molecule has 8 nitrogen and oxygen atoms in total. The quantitative estimate of drug-likeness (QED) is 0.712. The van der Waals surface area contributed by atoms with Gasteiger partial charge in [-0.25, -0.2) is 8.42 Å². The molecule has 9 heteroatoms. The molecule has 3 heterocycles. The Kier molecular flexibility index (Phi) is 6.18. The van der Waals surface area contributed by atoms with E-state index in [1.54, 1.807) is 23.2 Å². The van der Waals surface area contributed by atoms with Crippen LogP contribution in [-0.2, 0) is 16.6 Å². The normalized spacial score (nSPS) is 19.1. The monoisotopic (exact) mass is 446 g/mol. The molecule has 0 radical (unpaired) electrons. The summed E-state index contributed by atoms with van der Waals surface area (Å²) in [6.45, 7) is 6.18. The van der Waals surface area contributed by atoms with E-state index in [1.165, 1.54) is 10.4 Å². The standard InChI is InChI=1S/C22H30N4O4S/c1-3-24-16-19(22(28)25-13-11-23(2)12-14-25)21(27)18-15-17(7-8-20(18)24)31(29,30)26-9-5-4-6-10-26/h7-8,15-16H,3-6,9-14H2,1-2H3. The van der Waals surface area contributed by atoms with Gasteiger partial charge in [0.2, 0.25) is 15.5 Å². The van der Waals surface area contributed by atoms with Crippen molar-refractivity contribution in [3.05, 3.63) is 40.2 Å². The number of rotatable bonds is 4. The SMILES string of the molecule is CCn1cc(C(=O)N2CCN(C)CC2)c(=O)c2cc(S(=O)(=O)N3CCCCC3)ccc21. The number of amides is 1. The largest absolute Gasteiger partial charge is 0.347 e. The number of pyridine rings is 1. The maximum absolute atomic E-state index is 13.3. The number of fused-ring (bicyclic) bond motifs is 1. The van der Waals surface area contributed by atoms with E-state index < -0.39 is 15.5 Å². The minimum atomic E-state index is -3.67. The number of nitrogens with zero attached hydrogens (tertiary/aromatic N) is 4. The fraction of sp³-hybridized carbons (Fsp3) is 0.545. The Labute approximate surface area is 183 Å². The number of hydrogen-bond acceptors (Lipinski definition) is 5. The first-order valence-corrected chi connectivity index (χ1v) is 12.4. The summed E-state index contributed by atoms with van der Waals surface area (Å²) in [6, 6.07) is 4.70. The number of carbonyl (C=O) groups is 1. The molecule has 2 aliphatic heterocycles. The van der Waals surface area contributed by atoms with E-state index in [1.807, 2.05) is 18.5 Å². The first-order valence-electron chi connectivity index (χ1n) is 11.0. The number of aromatic nitrogens is 1. The number of benzene rings is 1. The van der Waals surface area contributed by atoms with E-state index in [-0.39, 0.29) is 21.8 Å². The Morgan fingerprint density at radius 2 is 1.68 bits per heavy atom. The topological polar surface area (TPSA) is 82.9 Å².